The first kappa shape index (κ1) is 18.2. The fraction of sp³-hybridized carbons (Fsp3) is 0.263. The Hall–Kier alpha value is -2.57. The van der Waals surface area contributed by atoms with E-state index in [0.717, 1.165) is 0 Å². The van der Waals surface area contributed by atoms with Crippen LogP contribution in [0.3, 0.4) is 0 Å². The van der Waals surface area contributed by atoms with Crippen LogP contribution in [0.1, 0.15) is 20.7 Å². The molecular weight excluding hydrogens is 356 g/mol. The summed E-state index contributed by atoms with van der Waals surface area (Å²) in [6.45, 7) is 2.09. The van der Waals surface area contributed by atoms with Crippen LogP contribution in [0.15, 0.2) is 42.5 Å². The number of nitrogens with one attached hydrogen (secondary N) is 1. The van der Waals surface area contributed by atoms with Gasteiger partial charge >= 0.3 is 0 Å². The molecule has 0 aliphatic carbocycles. The molecule has 0 unspecified atom stereocenters. The number of hydrogen-bond donors (Lipinski definition) is 1. The molecule has 1 saturated heterocycles. The van der Waals surface area contributed by atoms with Gasteiger partial charge in [0.1, 0.15) is 5.75 Å². The van der Waals surface area contributed by atoms with Crippen LogP contribution >= 0.6 is 11.6 Å². The lowest BCUT2D eigenvalue weighted by atomic mass is 10.1. The Morgan fingerprint density at radius 3 is 2.58 bits per heavy atom. The van der Waals surface area contributed by atoms with Gasteiger partial charge in [0.15, 0.2) is 0 Å². The van der Waals surface area contributed by atoms with Gasteiger partial charge in [-0.1, -0.05) is 23.7 Å². The summed E-state index contributed by atoms with van der Waals surface area (Å²) >= 11 is 6.00. The Kier molecular flexibility index (Phi) is 5.75. The molecule has 136 valence electrons. The number of para-hydroxylation sites is 1. The molecule has 3 rings (SSSR count). The van der Waals surface area contributed by atoms with Crippen LogP contribution in [-0.2, 0) is 4.74 Å². The molecule has 6 nitrogen and oxygen atoms in total. The topological polar surface area (TPSA) is 67.9 Å². The lowest BCUT2D eigenvalue weighted by Gasteiger charge is -2.27. The Morgan fingerprint density at radius 2 is 1.85 bits per heavy atom. The summed E-state index contributed by atoms with van der Waals surface area (Å²) in [6, 6.07) is 11.7. The molecule has 2 amide bonds. The number of benzene rings is 2. The van der Waals surface area contributed by atoms with Gasteiger partial charge in [0.25, 0.3) is 11.8 Å². The van der Waals surface area contributed by atoms with Crippen molar-refractivity contribution < 1.29 is 19.1 Å². The van der Waals surface area contributed by atoms with Crippen LogP contribution in [0.25, 0.3) is 0 Å². The minimum atomic E-state index is -0.397. The fourth-order valence-electron chi connectivity index (χ4n) is 2.76. The first-order valence-electron chi connectivity index (χ1n) is 8.21. The molecule has 0 atom stereocenters. The van der Waals surface area contributed by atoms with E-state index < -0.39 is 5.91 Å². The third-order valence-electron chi connectivity index (χ3n) is 4.11. The van der Waals surface area contributed by atoms with Gasteiger partial charge in [-0.2, -0.15) is 0 Å². The number of carbonyl (C=O) groups is 2. The highest BCUT2D eigenvalue weighted by atomic mass is 35.5. The van der Waals surface area contributed by atoms with Crippen molar-refractivity contribution in [2.45, 2.75) is 0 Å². The minimum Gasteiger partial charge on any atom is -0.496 e. The van der Waals surface area contributed by atoms with E-state index in [-0.39, 0.29) is 5.91 Å². The number of rotatable bonds is 4. The van der Waals surface area contributed by atoms with Crippen molar-refractivity contribution in [2.24, 2.45) is 0 Å². The van der Waals surface area contributed by atoms with Crippen molar-refractivity contribution in [1.82, 2.24) is 4.90 Å². The van der Waals surface area contributed by atoms with E-state index in [2.05, 4.69) is 5.32 Å². The molecule has 1 N–H and O–H groups in total. The highest BCUT2D eigenvalue weighted by molar-refractivity contribution is 6.31. The van der Waals surface area contributed by atoms with Crippen molar-refractivity contribution in [3.8, 4) is 5.75 Å². The van der Waals surface area contributed by atoms with Gasteiger partial charge in [0, 0.05) is 18.1 Å². The maximum atomic E-state index is 12.8. The van der Waals surface area contributed by atoms with Crippen molar-refractivity contribution in [1.29, 1.82) is 0 Å². The summed E-state index contributed by atoms with van der Waals surface area (Å²) in [6.07, 6.45) is 0. The average Bonchev–Trinajstić information content (AvgIpc) is 2.68. The number of carbonyl (C=O) groups excluding carboxylic acids is 2. The van der Waals surface area contributed by atoms with Gasteiger partial charge < -0.3 is 19.7 Å². The Balaban J connectivity index is 1.85. The smallest absolute Gasteiger partial charge is 0.259 e. The number of ether oxygens (including phenoxy) is 2. The number of hydrogen-bond acceptors (Lipinski definition) is 4. The molecule has 26 heavy (non-hydrogen) atoms. The standard InChI is InChI=1S/C19H19ClN2O4/c1-25-17-7-6-13(20)12-15(17)18(23)21-16-5-3-2-4-14(16)19(24)22-8-10-26-11-9-22/h2-7,12H,8-11H2,1H3,(H,21,23). The summed E-state index contributed by atoms with van der Waals surface area (Å²) in [5.74, 6) is -0.127. The van der Waals surface area contributed by atoms with Crippen LogP contribution in [-0.4, -0.2) is 50.1 Å². The largest absolute Gasteiger partial charge is 0.496 e. The number of nitrogens with zero attached hydrogens (tertiary/aromatic N) is 1. The molecule has 1 heterocycles. The second-order valence-electron chi connectivity index (χ2n) is 5.75. The molecule has 0 aromatic heterocycles. The molecular formula is C19H19ClN2O4. The van der Waals surface area contributed by atoms with Gasteiger partial charge in [0.05, 0.1) is 37.1 Å². The summed E-state index contributed by atoms with van der Waals surface area (Å²) in [7, 11) is 1.48. The van der Waals surface area contributed by atoms with E-state index in [1.54, 1.807) is 41.3 Å². The second-order valence-corrected chi connectivity index (χ2v) is 6.19. The number of halogens is 1. The van der Waals surface area contributed by atoms with Gasteiger partial charge in [-0.15, -0.1) is 0 Å². The predicted molar refractivity (Wildman–Crippen MR) is 99.1 cm³/mol. The molecule has 1 aliphatic rings. The highest BCUT2D eigenvalue weighted by Crippen LogP contribution is 2.25. The molecule has 0 spiro atoms. The third-order valence-corrected chi connectivity index (χ3v) is 4.35. The Labute approximate surface area is 156 Å². The first-order chi connectivity index (χ1) is 12.6. The van der Waals surface area contributed by atoms with E-state index in [1.807, 2.05) is 0 Å². The summed E-state index contributed by atoms with van der Waals surface area (Å²) in [4.78, 5) is 27.2. The summed E-state index contributed by atoms with van der Waals surface area (Å²) < 4.78 is 10.5. The monoisotopic (exact) mass is 374 g/mol. The number of amides is 2. The van der Waals surface area contributed by atoms with E-state index in [9.17, 15) is 9.59 Å². The molecule has 2 aromatic carbocycles. The zero-order chi connectivity index (χ0) is 18.5. The van der Waals surface area contributed by atoms with Gasteiger partial charge in [0.2, 0.25) is 0 Å². The number of morpholine rings is 1. The lowest BCUT2D eigenvalue weighted by molar-refractivity contribution is 0.0303. The second kappa shape index (κ2) is 8.21. The van der Waals surface area contributed by atoms with E-state index in [4.69, 9.17) is 21.1 Å². The van der Waals surface area contributed by atoms with Gasteiger partial charge in [-0.05, 0) is 30.3 Å². The van der Waals surface area contributed by atoms with Crippen molar-refractivity contribution in [3.63, 3.8) is 0 Å². The van der Waals surface area contributed by atoms with Crippen molar-refractivity contribution in [2.75, 3.05) is 38.7 Å². The predicted octanol–water partition coefficient (Wildman–Crippen LogP) is 3.07. The van der Waals surface area contributed by atoms with Crippen LogP contribution in [0, 0.1) is 0 Å². The molecule has 0 bridgehead atoms. The summed E-state index contributed by atoms with van der Waals surface area (Å²) in [5, 5.41) is 3.22. The van der Waals surface area contributed by atoms with Crippen LogP contribution in [0.4, 0.5) is 5.69 Å². The Bertz CT molecular complexity index is 819. The molecule has 0 saturated carbocycles. The van der Waals surface area contributed by atoms with Gasteiger partial charge in [-0.25, -0.2) is 0 Å². The first-order valence-corrected chi connectivity index (χ1v) is 8.59. The zero-order valence-electron chi connectivity index (χ0n) is 14.3. The van der Waals surface area contributed by atoms with Gasteiger partial charge in [-0.3, -0.25) is 9.59 Å². The lowest BCUT2D eigenvalue weighted by Crippen LogP contribution is -2.41. The highest BCUT2D eigenvalue weighted by Gasteiger charge is 2.22. The molecule has 2 aromatic rings. The van der Waals surface area contributed by atoms with Crippen molar-refractivity contribution in [3.05, 3.63) is 58.6 Å². The molecule has 1 fully saturated rings. The van der Waals surface area contributed by atoms with Crippen LogP contribution in [0.2, 0.25) is 5.02 Å². The SMILES string of the molecule is COc1ccc(Cl)cc1C(=O)Nc1ccccc1C(=O)N1CCOCC1. The molecule has 1 aliphatic heterocycles. The van der Waals surface area contributed by atoms with E-state index in [0.29, 0.717) is 53.9 Å². The van der Waals surface area contributed by atoms with Crippen molar-refractivity contribution >= 4 is 29.1 Å². The number of methoxy groups -OCH3 is 1. The Morgan fingerprint density at radius 1 is 1.12 bits per heavy atom. The maximum absolute atomic E-state index is 12.8. The average molecular weight is 375 g/mol. The molecule has 7 heteroatoms. The number of anilines is 1. The van der Waals surface area contributed by atoms with E-state index in [1.165, 1.54) is 13.2 Å². The summed E-state index contributed by atoms with van der Waals surface area (Å²) in [5.41, 5.74) is 1.17. The normalized spacial score (nSPS) is 14.0. The fourth-order valence-corrected chi connectivity index (χ4v) is 2.93. The maximum Gasteiger partial charge on any atom is 0.259 e. The van der Waals surface area contributed by atoms with Crippen LogP contribution < -0.4 is 10.1 Å². The minimum absolute atomic E-state index is 0.137. The quantitative estimate of drug-likeness (QED) is 0.893. The third kappa shape index (κ3) is 3.98. The zero-order valence-corrected chi connectivity index (χ0v) is 15.1. The van der Waals surface area contributed by atoms with Crippen LogP contribution in [0.5, 0.6) is 5.75 Å². The van der Waals surface area contributed by atoms with E-state index >= 15 is 0 Å². The molecule has 0 radical (unpaired) electrons.